The van der Waals surface area contributed by atoms with Crippen LogP contribution in [0.15, 0.2) is 61.2 Å². The lowest BCUT2D eigenvalue weighted by molar-refractivity contribution is 0.0689. The average Bonchev–Trinajstić information content (AvgIpc) is 2.80. The van der Waals surface area contributed by atoms with Gasteiger partial charge in [0, 0.05) is 5.39 Å². The predicted octanol–water partition coefficient (Wildman–Crippen LogP) is 6.67. The highest BCUT2D eigenvalue weighted by Crippen LogP contribution is 2.42. The summed E-state index contributed by atoms with van der Waals surface area (Å²) in [6.45, 7) is 7.74. The number of carbonyl (C=O) groups excluding carboxylic acids is 1. The van der Waals surface area contributed by atoms with E-state index in [0.717, 1.165) is 24.6 Å². The highest BCUT2D eigenvalue weighted by Gasteiger charge is 2.25. The van der Waals surface area contributed by atoms with Crippen molar-refractivity contribution in [2.24, 2.45) is 0 Å². The number of carboxylic acid groups (broad SMARTS) is 1. The van der Waals surface area contributed by atoms with Crippen molar-refractivity contribution >= 4 is 22.5 Å². The summed E-state index contributed by atoms with van der Waals surface area (Å²) in [6, 6.07) is 14.0. The number of benzene rings is 3. The van der Waals surface area contributed by atoms with Crippen molar-refractivity contribution in [3.8, 4) is 23.0 Å². The van der Waals surface area contributed by atoms with Crippen LogP contribution >= 0.6 is 0 Å². The summed E-state index contributed by atoms with van der Waals surface area (Å²) < 4.78 is 17.7. The van der Waals surface area contributed by atoms with Gasteiger partial charge in [0.1, 0.15) is 35.0 Å². The normalized spacial score (nSPS) is 10.6. The molecule has 0 saturated heterocycles. The van der Waals surface area contributed by atoms with Crippen molar-refractivity contribution in [2.75, 3.05) is 13.2 Å². The number of carbonyl (C=O) groups is 2. The second-order valence-electron chi connectivity index (χ2n) is 7.55. The molecular formula is C27H28O6. The first-order valence-corrected chi connectivity index (χ1v) is 10.9. The topological polar surface area (TPSA) is 82.1 Å². The summed E-state index contributed by atoms with van der Waals surface area (Å²) in [6.07, 6.45) is 4.40. The largest absolute Gasteiger partial charge is 0.493 e. The number of rotatable bonds is 12. The molecule has 3 aromatic carbocycles. The van der Waals surface area contributed by atoms with Crippen molar-refractivity contribution in [3.05, 3.63) is 72.3 Å². The van der Waals surface area contributed by atoms with E-state index >= 15 is 0 Å². The van der Waals surface area contributed by atoms with Crippen molar-refractivity contribution in [1.82, 2.24) is 0 Å². The second kappa shape index (κ2) is 11.2. The highest BCUT2D eigenvalue weighted by molar-refractivity contribution is 6.04. The molecule has 1 N–H and O–H groups in total. The van der Waals surface area contributed by atoms with Crippen LogP contribution in [0.1, 0.15) is 53.8 Å². The molecule has 0 unspecified atom stereocenters. The van der Waals surface area contributed by atoms with Gasteiger partial charge in [0.15, 0.2) is 11.5 Å². The van der Waals surface area contributed by atoms with Gasteiger partial charge in [0.2, 0.25) is 0 Å². The summed E-state index contributed by atoms with van der Waals surface area (Å²) in [7, 11) is 0. The molecule has 0 aromatic heterocycles. The summed E-state index contributed by atoms with van der Waals surface area (Å²) in [5.74, 6) is -0.541. The standard InChI is InChI=1S/C27H28O6/c1-4-6-9-16-32-23-17-19-11-7-8-12-20(19)26(25(23)27(29)30)33-22-14-10-13-21(31-15-5-2)24(22)18(3)28/h5,7-8,10-14,17H,2,4,6,9,15-16H2,1,3H3,(H,29,30). The Morgan fingerprint density at radius 3 is 2.42 bits per heavy atom. The van der Waals surface area contributed by atoms with Crippen molar-refractivity contribution < 1.29 is 28.9 Å². The first kappa shape index (κ1) is 23.9. The maximum Gasteiger partial charge on any atom is 0.343 e. The zero-order valence-corrected chi connectivity index (χ0v) is 18.9. The molecule has 0 spiro atoms. The van der Waals surface area contributed by atoms with E-state index in [1.165, 1.54) is 6.92 Å². The monoisotopic (exact) mass is 448 g/mol. The third-order valence-corrected chi connectivity index (χ3v) is 5.09. The molecule has 0 aliphatic heterocycles. The van der Waals surface area contributed by atoms with E-state index in [9.17, 15) is 14.7 Å². The number of ether oxygens (including phenoxy) is 3. The van der Waals surface area contributed by atoms with E-state index in [1.807, 2.05) is 12.1 Å². The van der Waals surface area contributed by atoms with Gasteiger partial charge in [0.25, 0.3) is 0 Å². The Morgan fingerprint density at radius 1 is 0.970 bits per heavy atom. The zero-order chi connectivity index (χ0) is 23.8. The SMILES string of the molecule is C=CCOc1cccc(Oc2c(C(=O)O)c(OCCCCC)cc3ccccc23)c1C(C)=O. The molecule has 0 atom stereocenters. The van der Waals surface area contributed by atoms with E-state index in [-0.39, 0.29) is 40.8 Å². The Labute approximate surface area is 193 Å². The quantitative estimate of drug-likeness (QED) is 0.189. The minimum atomic E-state index is -1.18. The number of ketones is 1. The summed E-state index contributed by atoms with van der Waals surface area (Å²) in [4.78, 5) is 24.8. The third-order valence-electron chi connectivity index (χ3n) is 5.09. The summed E-state index contributed by atoms with van der Waals surface area (Å²) in [5, 5.41) is 11.4. The van der Waals surface area contributed by atoms with Crippen molar-refractivity contribution in [1.29, 1.82) is 0 Å². The Morgan fingerprint density at radius 2 is 1.73 bits per heavy atom. The van der Waals surface area contributed by atoms with Gasteiger partial charge in [-0.25, -0.2) is 4.79 Å². The molecule has 6 heteroatoms. The number of hydrogen-bond donors (Lipinski definition) is 1. The molecule has 0 heterocycles. The molecular weight excluding hydrogens is 420 g/mol. The predicted molar refractivity (Wildman–Crippen MR) is 128 cm³/mol. The smallest absolute Gasteiger partial charge is 0.343 e. The fraction of sp³-hybridized carbons (Fsp3) is 0.259. The van der Waals surface area contributed by atoms with E-state index in [0.29, 0.717) is 17.7 Å². The van der Waals surface area contributed by atoms with Crippen LogP contribution in [-0.4, -0.2) is 30.1 Å². The lowest BCUT2D eigenvalue weighted by Crippen LogP contribution is -2.09. The molecule has 33 heavy (non-hydrogen) atoms. The van der Waals surface area contributed by atoms with Gasteiger partial charge in [-0.2, -0.15) is 0 Å². The summed E-state index contributed by atoms with van der Waals surface area (Å²) in [5.41, 5.74) is 0.145. The van der Waals surface area contributed by atoms with Crippen LogP contribution in [0, 0.1) is 0 Å². The lowest BCUT2D eigenvalue weighted by atomic mass is 10.0. The van der Waals surface area contributed by atoms with Crippen LogP contribution in [0.3, 0.4) is 0 Å². The number of carboxylic acids is 1. The average molecular weight is 449 g/mol. The number of aromatic carboxylic acids is 1. The zero-order valence-electron chi connectivity index (χ0n) is 18.9. The van der Waals surface area contributed by atoms with Gasteiger partial charge < -0.3 is 19.3 Å². The molecule has 0 amide bonds. The number of fused-ring (bicyclic) bond motifs is 1. The van der Waals surface area contributed by atoms with Gasteiger partial charge in [-0.05, 0) is 36.9 Å². The highest BCUT2D eigenvalue weighted by atomic mass is 16.5. The minimum Gasteiger partial charge on any atom is -0.493 e. The molecule has 0 radical (unpaired) electrons. The molecule has 172 valence electrons. The fourth-order valence-electron chi connectivity index (χ4n) is 3.57. The number of Topliss-reactive ketones (excluding diaryl/α,β-unsaturated/α-hetero) is 1. The van der Waals surface area contributed by atoms with Gasteiger partial charge in [-0.1, -0.05) is 62.8 Å². The molecule has 0 fully saturated rings. The minimum absolute atomic E-state index is 0.0860. The lowest BCUT2D eigenvalue weighted by Gasteiger charge is -2.19. The maximum atomic E-state index is 12.5. The van der Waals surface area contributed by atoms with Crippen LogP contribution in [0.4, 0.5) is 0 Å². The van der Waals surface area contributed by atoms with E-state index < -0.39 is 5.97 Å². The second-order valence-corrected chi connectivity index (χ2v) is 7.55. The third kappa shape index (κ3) is 5.52. The van der Waals surface area contributed by atoms with Crippen LogP contribution in [0.5, 0.6) is 23.0 Å². The fourth-order valence-corrected chi connectivity index (χ4v) is 3.57. The molecule has 0 saturated carbocycles. The number of hydrogen-bond acceptors (Lipinski definition) is 5. The summed E-state index contributed by atoms with van der Waals surface area (Å²) >= 11 is 0. The maximum absolute atomic E-state index is 12.5. The van der Waals surface area contributed by atoms with Crippen LogP contribution in [-0.2, 0) is 0 Å². The van der Waals surface area contributed by atoms with E-state index in [4.69, 9.17) is 14.2 Å². The van der Waals surface area contributed by atoms with Crippen LogP contribution < -0.4 is 14.2 Å². The van der Waals surface area contributed by atoms with Gasteiger partial charge in [0.05, 0.1) is 6.61 Å². The molecule has 0 aliphatic rings. The molecule has 3 rings (SSSR count). The molecule has 6 nitrogen and oxygen atoms in total. The Hall–Kier alpha value is -3.80. The first-order chi connectivity index (χ1) is 16.0. The van der Waals surface area contributed by atoms with Gasteiger partial charge in [-0.15, -0.1) is 0 Å². The van der Waals surface area contributed by atoms with Crippen molar-refractivity contribution in [3.63, 3.8) is 0 Å². The van der Waals surface area contributed by atoms with Gasteiger partial charge >= 0.3 is 5.97 Å². The van der Waals surface area contributed by atoms with E-state index in [2.05, 4.69) is 13.5 Å². The molecule has 3 aromatic rings. The number of unbranched alkanes of at least 4 members (excludes halogenated alkanes) is 2. The molecule has 0 aliphatic carbocycles. The first-order valence-electron chi connectivity index (χ1n) is 10.9. The van der Waals surface area contributed by atoms with Crippen molar-refractivity contribution in [2.45, 2.75) is 33.1 Å². The Kier molecular flexibility index (Phi) is 8.08. The van der Waals surface area contributed by atoms with Crippen LogP contribution in [0.2, 0.25) is 0 Å². The Bertz CT molecular complexity index is 1160. The Balaban J connectivity index is 2.16. The van der Waals surface area contributed by atoms with Gasteiger partial charge in [-0.3, -0.25) is 4.79 Å². The van der Waals surface area contributed by atoms with E-state index in [1.54, 1.807) is 42.5 Å². The van der Waals surface area contributed by atoms with Crippen LogP contribution in [0.25, 0.3) is 10.8 Å². The molecule has 0 bridgehead atoms.